The van der Waals surface area contributed by atoms with Gasteiger partial charge in [0.2, 0.25) is 0 Å². The maximum Gasteiger partial charge on any atom is 0.137 e. The summed E-state index contributed by atoms with van der Waals surface area (Å²) in [6, 6.07) is -0.0239. The van der Waals surface area contributed by atoms with Gasteiger partial charge < -0.3 is 10.4 Å². The fourth-order valence-electron chi connectivity index (χ4n) is 1.61. The van der Waals surface area contributed by atoms with E-state index in [0.717, 1.165) is 30.0 Å². The molecule has 0 aliphatic heterocycles. The van der Waals surface area contributed by atoms with Crippen LogP contribution in [0.25, 0.3) is 0 Å². The highest BCUT2D eigenvalue weighted by Gasteiger charge is 2.16. The predicted octanol–water partition coefficient (Wildman–Crippen LogP) is 2.82. The van der Waals surface area contributed by atoms with Crippen molar-refractivity contribution in [2.24, 2.45) is 5.92 Å². The lowest BCUT2D eigenvalue weighted by Crippen LogP contribution is -2.30. The van der Waals surface area contributed by atoms with Crippen LogP contribution < -0.4 is 5.32 Å². The summed E-state index contributed by atoms with van der Waals surface area (Å²) in [6.45, 7) is 8.14. The summed E-state index contributed by atoms with van der Waals surface area (Å²) in [7, 11) is 0. The van der Waals surface area contributed by atoms with Crippen molar-refractivity contribution in [1.82, 2.24) is 9.97 Å². The summed E-state index contributed by atoms with van der Waals surface area (Å²) in [6.07, 6.45) is 1.78. The first-order valence-electron chi connectivity index (χ1n) is 6.40. The maximum atomic E-state index is 9.35. The normalized spacial score (nSPS) is 12.8. The number of nitrogens with one attached hydrogen (secondary N) is 1. The molecular weight excluding hydrogens is 250 g/mol. The molecule has 1 aromatic heterocycles. The number of halogens is 1. The highest BCUT2D eigenvalue weighted by Crippen LogP contribution is 2.22. The number of aliphatic hydroxyl groups excluding tert-OH is 1. The van der Waals surface area contributed by atoms with Gasteiger partial charge in [-0.2, -0.15) is 0 Å². The third-order valence-corrected chi connectivity index (χ3v) is 3.30. The second-order valence-electron chi connectivity index (χ2n) is 4.83. The van der Waals surface area contributed by atoms with E-state index >= 15 is 0 Å². The molecule has 0 radical (unpaired) electrons. The zero-order chi connectivity index (χ0) is 13.7. The Kier molecular flexibility index (Phi) is 5.82. The van der Waals surface area contributed by atoms with E-state index in [1.165, 1.54) is 0 Å². The van der Waals surface area contributed by atoms with Crippen molar-refractivity contribution in [1.29, 1.82) is 0 Å². The fraction of sp³-hybridized carbons (Fsp3) is 0.692. The quantitative estimate of drug-likeness (QED) is 0.781. The van der Waals surface area contributed by atoms with Gasteiger partial charge in [-0.25, -0.2) is 9.97 Å². The predicted molar refractivity (Wildman–Crippen MR) is 75.1 cm³/mol. The number of hydrogen-bond donors (Lipinski definition) is 2. The lowest BCUT2D eigenvalue weighted by Gasteiger charge is -2.22. The van der Waals surface area contributed by atoms with Gasteiger partial charge in [0.25, 0.3) is 0 Å². The molecule has 0 saturated carbocycles. The minimum Gasteiger partial charge on any atom is -0.394 e. The van der Waals surface area contributed by atoms with Crippen molar-refractivity contribution >= 4 is 17.4 Å². The number of hydrogen-bond acceptors (Lipinski definition) is 4. The molecule has 0 bridgehead atoms. The average molecular weight is 272 g/mol. The van der Waals surface area contributed by atoms with E-state index < -0.39 is 0 Å². The van der Waals surface area contributed by atoms with E-state index in [1.807, 2.05) is 6.92 Å². The summed E-state index contributed by atoms with van der Waals surface area (Å²) in [5, 5.41) is 13.1. The van der Waals surface area contributed by atoms with Crippen molar-refractivity contribution < 1.29 is 5.11 Å². The molecule has 0 aliphatic rings. The average Bonchev–Trinajstić information content (AvgIpc) is 2.31. The van der Waals surface area contributed by atoms with Gasteiger partial charge in [-0.05, 0) is 19.3 Å². The lowest BCUT2D eigenvalue weighted by atomic mass is 10.1. The van der Waals surface area contributed by atoms with Crippen LogP contribution in [0.1, 0.15) is 38.6 Å². The van der Waals surface area contributed by atoms with Crippen LogP contribution in [0.3, 0.4) is 0 Å². The zero-order valence-electron chi connectivity index (χ0n) is 11.5. The van der Waals surface area contributed by atoms with Crippen molar-refractivity contribution in [3.63, 3.8) is 0 Å². The molecule has 0 unspecified atom stereocenters. The van der Waals surface area contributed by atoms with Crippen LogP contribution in [0.2, 0.25) is 5.15 Å². The molecule has 0 amide bonds. The van der Waals surface area contributed by atoms with Crippen molar-refractivity contribution in [2.45, 2.75) is 46.6 Å². The lowest BCUT2D eigenvalue weighted by molar-refractivity contribution is 0.249. The topological polar surface area (TPSA) is 58.0 Å². The van der Waals surface area contributed by atoms with E-state index in [1.54, 1.807) is 0 Å². The number of rotatable bonds is 6. The summed E-state index contributed by atoms with van der Waals surface area (Å²) >= 11 is 6.11. The van der Waals surface area contributed by atoms with Crippen LogP contribution in [0.5, 0.6) is 0 Å². The highest BCUT2D eigenvalue weighted by molar-refractivity contribution is 6.30. The molecule has 0 aromatic carbocycles. The number of anilines is 1. The van der Waals surface area contributed by atoms with E-state index in [4.69, 9.17) is 11.6 Å². The molecule has 0 saturated heterocycles. The van der Waals surface area contributed by atoms with Crippen molar-refractivity contribution in [3.05, 3.63) is 16.5 Å². The first-order chi connectivity index (χ1) is 8.49. The molecule has 18 heavy (non-hydrogen) atoms. The van der Waals surface area contributed by atoms with Gasteiger partial charge in [0.1, 0.15) is 16.8 Å². The Morgan fingerprint density at radius 2 is 2.00 bits per heavy atom. The van der Waals surface area contributed by atoms with Crippen LogP contribution in [0.4, 0.5) is 5.82 Å². The Morgan fingerprint density at radius 3 is 2.50 bits per heavy atom. The molecule has 0 aliphatic carbocycles. The number of aliphatic hydroxyl groups is 1. The van der Waals surface area contributed by atoms with Crippen LogP contribution in [-0.2, 0) is 6.42 Å². The Bertz CT molecular complexity index is 396. The maximum absolute atomic E-state index is 9.35. The third-order valence-electron chi connectivity index (χ3n) is 2.93. The molecule has 1 heterocycles. The minimum atomic E-state index is -0.0239. The Hall–Kier alpha value is -0.870. The Labute approximate surface area is 114 Å². The van der Waals surface area contributed by atoms with Crippen molar-refractivity contribution in [2.75, 3.05) is 11.9 Å². The largest absolute Gasteiger partial charge is 0.394 e. The van der Waals surface area contributed by atoms with Gasteiger partial charge >= 0.3 is 0 Å². The number of aryl methyl sites for hydroxylation is 1. The highest BCUT2D eigenvalue weighted by atomic mass is 35.5. The van der Waals surface area contributed by atoms with Crippen LogP contribution in [-0.4, -0.2) is 27.7 Å². The van der Waals surface area contributed by atoms with E-state index in [-0.39, 0.29) is 12.6 Å². The third kappa shape index (κ3) is 3.82. The molecule has 1 rings (SSSR count). The van der Waals surface area contributed by atoms with Gasteiger partial charge in [0.15, 0.2) is 0 Å². The molecule has 1 atom stereocenters. The molecule has 0 spiro atoms. The standard InChI is InChI=1S/C13H22ClN3O/c1-5-6-11-16-12(14)9(4)13(17-11)15-10(7-18)8(2)3/h8,10,18H,5-7H2,1-4H3,(H,15,16,17)/t10-/m1/s1. The van der Waals surface area contributed by atoms with Gasteiger partial charge in [0.05, 0.1) is 12.6 Å². The Morgan fingerprint density at radius 1 is 1.33 bits per heavy atom. The zero-order valence-corrected chi connectivity index (χ0v) is 12.3. The van der Waals surface area contributed by atoms with Crippen molar-refractivity contribution in [3.8, 4) is 0 Å². The number of aromatic nitrogens is 2. The fourth-order valence-corrected chi connectivity index (χ4v) is 1.79. The second kappa shape index (κ2) is 6.90. The molecule has 5 heteroatoms. The molecule has 1 aromatic rings. The Balaban J connectivity index is 2.99. The SMILES string of the molecule is CCCc1nc(Cl)c(C)c(N[C@H](CO)C(C)C)n1. The van der Waals surface area contributed by atoms with Crippen LogP contribution in [0.15, 0.2) is 0 Å². The summed E-state index contributed by atoms with van der Waals surface area (Å²) in [5.41, 5.74) is 0.829. The minimum absolute atomic E-state index is 0.0239. The molecule has 0 fully saturated rings. The van der Waals surface area contributed by atoms with Crippen LogP contribution in [0, 0.1) is 12.8 Å². The summed E-state index contributed by atoms with van der Waals surface area (Å²) in [4.78, 5) is 8.73. The summed E-state index contributed by atoms with van der Waals surface area (Å²) in [5.74, 6) is 1.79. The molecular formula is C13H22ClN3O. The summed E-state index contributed by atoms with van der Waals surface area (Å²) < 4.78 is 0. The van der Waals surface area contributed by atoms with Crippen LogP contribution >= 0.6 is 11.6 Å². The van der Waals surface area contributed by atoms with Gasteiger partial charge in [-0.1, -0.05) is 32.4 Å². The molecule has 102 valence electrons. The second-order valence-corrected chi connectivity index (χ2v) is 5.19. The monoisotopic (exact) mass is 271 g/mol. The molecule has 4 nitrogen and oxygen atoms in total. The van der Waals surface area contributed by atoms with E-state index in [0.29, 0.717) is 11.1 Å². The van der Waals surface area contributed by atoms with E-state index in [2.05, 4.69) is 36.1 Å². The van der Waals surface area contributed by atoms with E-state index in [9.17, 15) is 5.11 Å². The van der Waals surface area contributed by atoms with Gasteiger partial charge in [0, 0.05) is 12.0 Å². The first-order valence-corrected chi connectivity index (χ1v) is 6.77. The first kappa shape index (κ1) is 15.2. The molecule has 2 N–H and O–H groups in total. The smallest absolute Gasteiger partial charge is 0.137 e. The number of nitrogens with zero attached hydrogens (tertiary/aromatic N) is 2. The van der Waals surface area contributed by atoms with Gasteiger partial charge in [-0.15, -0.1) is 0 Å². The van der Waals surface area contributed by atoms with Gasteiger partial charge in [-0.3, -0.25) is 0 Å².